The van der Waals surface area contributed by atoms with Crippen LogP contribution in [0.2, 0.25) is 5.02 Å². The zero-order chi connectivity index (χ0) is 16.3. The molecule has 0 radical (unpaired) electrons. The van der Waals surface area contributed by atoms with Gasteiger partial charge in [0.2, 0.25) is 0 Å². The molecule has 0 bridgehead atoms. The average Bonchev–Trinajstić information content (AvgIpc) is 2.47. The SMILES string of the molecule is CCc1cc(CC)cc([SiH2]c2cccc(C(C)(C)C)c2Cl)c1. The molecule has 0 nitrogen and oxygen atoms in total. The molecule has 2 aromatic rings. The highest BCUT2D eigenvalue weighted by Crippen LogP contribution is 2.27. The van der Waals surface area contributed by atoms with Crippen LogP contribution in [0.1, 0.15) is 51.3 Å². The third kappa shape index (κ3) is 4.02. The smallest absolute Gasteiger partial charge is 0.0842 e. The molecule has 2 rings (SSSR count). The van der Waals surface area contributed by atoms with E-state index in [2.05, 4.69) is 71.0 Å². The van der Waals surface area contributed by atoms with E-state index in [0.29, 0.717) is 0 Å². The molecule has 0 amide bonds. The Morgan fingerprint density at radius 2 is 1.55 bits per heavy atom. The van der Waals surface area contributed by atoms with Crippen molar-refractivity contribution in [2.75, 3.05) is 0 Å². The van der Waals surface area contributed by atoms with Crippen LogP contribution in [0.15, 0.2) is 36.4 Å². The predicted octanol–water partition coefficient (Wildman–Crippen LogP) is 3.88. The molecule has 0 saturated carbocycles. The minimum absolute atomic E-state index is 0.0986. The van der Waals surface area contributed by atoms with E-state index in [1.165, 1.54) is 27.1 Å². The summed E-state index contributed by atoms with van der Waals surface area (Å²) >= 11 is 6.73. The van der Waals surface area contributed by atoms with Crippen molar-refractivity contribution in [1.82, 2.24) is 0 Å². The summed E-state index contributed by atoms with van der Waals surface area (Å²) in [6.45, 7) is 11.1. The van der Waals surface area contributed by atoms with Gasteiger partial charge in [-0.3, -0.25) is 0 Å². The van der Waals surface area contributed by atoms with Crippen molar-refractivity contribution in [3.05, 3.63) is 58.1 Å². The van der Waals surface area contributed by atoms with Gasteiger partial charge in [-0.1, -0.05) is 87.8 Å². The zero-order valence-corrected chi connectivity index (χ0v) is 16.6. The van der Waals surface area contributed by atoms with Crippen LogP contribution in [0.5, 0.6) is 0 Å². The second-order valence-corrected chi connectivity index (χ2v) is 9.38. The normalized spacial score (nSPS) is 12.3. The minimum Gasteiger partial charge on any atom is -0.0842 e. The number of hydrogen-bond acceptors (Lipinski definition) is 0. The molecule has 118 valence electrons. The summed E-state index contributed by atoms with van der Waals surface area (Å²) in [5.74, 6) is 0. The Balaban J connectivity index is 2.39. The van der Waals surface area contributed by atoms with E-state index >= 15 is 0 Å². The van der Waals surface area contributed by atoms with Crippen LogP contribution in [0.25, 0.3) is 0 Å². The molecule has 0 unspecified atom stereocenters. The fraction of sp³-hybridized carbons (Fsp3) is 0.400. The number of halogens is 1. The number of benzene rings is 2. The minimum atomic E-state index is -0.536. The molecule has 0 atom stereocenters. The Kier molecular flexibility index (Phi) is 5.52. The average molecular weight is 331 g/mol. The van der Waals surface area contributed by atoms with Crippen LogP contribution in [-0.2, 0) is 18.3 Å². The molecule has 2 aromatic carbocycles. The lowest BCUT2D eigenvalue weighted by atomic mass is 9.87. The second-order valence-electron chi connectivity index (χ2n) is 7.07. The monoisotopic (exact) mass is 330 g/mol. The Morgan fingerprint density at radius 1 is 0.955 bits per heavy atom. The summed E-state index contributed by atoms with van der Waals surface area (Å²) in [5, 5.41) is 3.86. The topological polar surface area (TPSA) is 0 Å². The van der Waals surface area contributed by atoms with Crippen LogP contribution in [0, 0.1) is 0 Å². The molecule has 2 heteroatoms. The summed E-state index contributed by atoms with van der Waals surface area (Å²) in [4.78, 5) is 0. The highest BCUT2D eigenvalue weighted by molar-refractivity contribution is 6.70. The Hall–Kier alpha value is -1.05. The van der Waals surface area contributed by atoms with Gasteiger partial charge in [0.15, 0.2) is 0 Å². The summed E-state index contributed by atoms with van der Waals surface area (Å²) in [6.07, 6.45) is 2.20. The standard InChI is InChI=1S/C20H27ClSi/c1-6-14-11-15(7-2)13-16(12-14)22-18-10-8-9-17(19(18)21)20(3,4)5/h8-13H,6-7,22H2,1-5H3. The lowest BCUT2D eigenvalue weighted by Gasteiger charge is -2.22. The van der Waals surface area contributed by atoms with E-state index in [1.807, 2.05) is 0 Å². The van der Waals surface area contributed by atoms with Gasteiger partial charge in [-0.25, -0.2) is 0 Å². The van der Waals surface area contributed by atoms with Crippen molar-refractivity contribution in [2.45, 2.75) is 52.9 Å². The summed E-state index contributed by atoms with van der Waals surface area (Å²) in [6, 6.07) is 13.6. The zero-order valence-electron chi connectivity index (χ0n) is 14.5. The van der Waals surface area contributed by atoms with Crippen molar-refractivity contribution in [3.8, 4) is 0 Å². The molecule has 0 aliphatic carbocycles. The van der Waals surface area contributed by atoms with Crippen molar-refractivity contribution in [1.29, 1.82) is 0 Å². The van der Waals surface area contributed by atoms with Gasteiger partial charge >= 0.3 is 0 Å². The van der Waals surface area contributed by atoms with Crippen LogP contribution < -0.4 is 10.4 Å². The molecule has 0 heterocycles. The first-order valence-corrected chi connectivity index (χ1v) is 10.0. The molecule has 0 N–H and O–H groups in total. The van der Waals surface area contributed by atoms with Crippen molar-refractivity contribution in [2.24, 2.45) is 0 Å². The summed E-state index contributed by atoms with van der Waals surface area (Å²) < 4.78 is 0. The Labute approximate surface area is 142 Å². The molecule has 0 aliphatic heterocycles. The Morgan fingerprint density at radius 3 is 2.05 bits per heavy atom. The third-order valence-corrected chi connectivity index (χ3v) is 6.67. The molecule has 0 spiro atoms. The van der Waals surface area contributed by atoms with Gasteiger partial charge in [-0.15, -0.1) is 0 Å². The fourth-order valence-corrected chi connectivity index (χ4v) is 5.24. The Bertz CT molecular complexity index is 631. The van der Waals surface area contributed by atoms with Crippen LogP contribution in [0.3, 0.4) is 0 Å². The first-order chi connectivity index (χ1) is 10.3. The van der Waals surface area contributed by atoms with Crippen LogP contribution in [0.4, 0.5) is 0 Å². The van der Waals surface area contributed by atoms with Gasteiger partial charge < -0.3 is 0 Å². The van der Waals surface area contributed by atoms with E-state index in [1.54, 1.807) is 0 Å². The highest BCUT2D eigenvalue weighted by atomic mass is 35.5. The first-order valence-electron chi connectivity index (χ1n) is 8.24. The van der Waals surface area contributed by atoms with Gasteiger partial charge in [0, 0.05) is 5.02 Å². The van der Waals surface area contributed by atoms with Crippen molar-refractivity contribution < 1.29 is 0 Å². The molecule has 0 saturated heterocycles. The van der Waals surface area contributed by atoms with E-state index in [-0.39, 0.29) is 5.41 Å². The van der Waals surface area contributed by atoms with E-state index in [4.69, 9.17) is 11.6 Å². The largest absolute Gasteiger partial charge is 0.0894 e. The van der Waals surface area contributed by atoms with E-state index in [0.717, 1.165) is 17.9 Å². The third-order valence-electron chi connectivity index (χ3n) is 4.21. The van der Waals surface area contributed by atoms with Gasteiger partial charge in [-0.2, -0.15) is 0 Å². The molecular weight excluding hydrogens is 304 g/mol. The number of aryl methyl sites for hydroxylation is 2. The maximum absolute atomic E-state index is 6.73. The van der Waals surface area contributed by atoms with Gasteiger partial charge in [0.25, 0.3) is 0 Å². The van der Waals surface area contributed by atoms with Gasteiger partial charge in [0.05, 0.1) is 9.52 Å². The molecular formula is C20H27ClSi. The molecule has 0 aliphatic rings. The highest BCUT2D eigenvalue weighted by Gasteiger charge is 2.19. The van der Waals surface area contributed by atoms with Gasteiger partial charge in [-0.05, 0) is 40.1 Å². The number of rotatable bonds is 4. The molecule has 0 fully saturated rings. The lowest BCUT2D eigenvalue weighted by molar-refractivity contribution is 0.591. The quantitative estimate of drug-likeness (QED) is 0.746. The van der Waals surface area contributed by atoms with E-state index in [9.17, 15) is 0 Å². The lowest BCUT2D eigenvalue weighted by Crippen LogP contribution is -2.30. The second kappa shape index (κ2) is 7.02. The maximum atomic E-state index is 6.73. The first kappa shape index (κ1) is 17.3. The summed E-state index contributed by atoms with van der Waals surface area (Å²) in [7, 11) is -0.536. The maximum Gasteiger partial charge on any atom is 0.0894 e. The summed E-state index contributed by atoms with van der Waals surface area (Å²) in [5.41, 5.74) is 4.26. The van der Waals surface area contributed by atoms with E-state index < -0.39 is 9.52 Å². The fourth-order valence-electron chi connectivity index (χ4n) is 2.87. The van der Waals surface area contributed by atoms with Crippen molar-refractivity contribution in [3.63, 3.8) is 0 Å². The van der Waals surface area contributed by atoms with Crippen molar-refractivity contribution >= 4 is 31.5 Å². The molecule has 0 aromatic heterocycles. The predicted molar refractivity (Wildman–Crippen MR) is 103 cm³/mol. The van der Waals surface area contributed by atoms with Crippen LogP contribution in [-0.4, -0.2) is 9.52 Å². The van der Waals surface area contributed by atoms with Crippen LogP contribution >= 0.6 is 11.6 Å². The number of hydrogen-bond donors (Lipinski definition) is 0. The van der Waals surface area contributed by atoms with Gasteiger partial charge in [0.1, 0.15) is 0 Å². The molecule has 22 heavy (non-hydrogen) atoms.